The number of piperidine rings is 1. The number of H-pyrrole nitrogens is 1. The van der Waals surface area contributed by atoms with Crippen LogP contribution in [0.4, 0.5) is 15.9 Å². The number of β-amino-alcohol motifs (C(OH)–C–C–N with tert-alkyl or cyclic N) is 1. The number of azide groups is 1. The van der Waals surface area contributed by atoms with Gasteiger partial charge in [-0.2, -0.15) is 0 Å². The van der Waals surface area contributed by atoms with Crippen molar-refractivity contribution in [2.45, 2.75) is 32.0 Å². The smallest absolute Gasteiger partial charge is 0.143 e. The number of aryl methyl sites for hydroxylation is 1. The van der Waals surface area contributed by atoms with Crippen molar-refractivity contribution in [3.8, 4) is 0 Å². The average Bonchev–Trinajstić information content (AvgIpc) is 3.11. The molecule has 0 saturated carbocycles. The summed E-state index contributed by atoms with van der Waals surface area (Å²) in [4.78, 5) is 16.7. The number of aliphatic hydroxyl groups is 1. The number of rotatable bonds is 5. The molecule has 1 fully saturated rings. The van der Waals surface area contributed by atoms with Crippen LogP contribution in [0, 0.1) is 12.7 Å². The van der Waals surface area contributed by atoms with Gasteiger partial charge in [-0.15, -0.1) is 0 Å². The number of aromatic amines is 1. The number of nitrogens with one attached hydrogen (secondary N) is 2. The van der Waals surface area contributed by atoms with Crippen molar-refractivity contribution in [3.63, 3.8) is 0 Å². The number of fused-ring (bicyclic) bond motifs is 1. The Morgan fingerprint density at radius 1 is 1.45 bits per heavy atom. The second-order valence-corrected chi connectivity index (χ2v) is 7.21. The SMILES string of the molecule is Cc1cc(Nc2ncnc3[nH]cc(CN4CCC(N=[N+]=[N-])C(O)C4)c23)ccc1F. The van der Waals surface area contributed by atoms with Crippen LogP contribution in [-0.4, -0.2) is 50.2 Å². The van der Waals surface area contributed by atoms with Gasteiger partial charge in [-0.3, -0.25) is 4.90 Å². The Hall–Kier alpha value is -3.20. The van der Waals surface area contributed by atoms with Crippen molar-refractivity contribution in [1.82, 2.24) is 19.9 Å². The Kier molecular flexibility index (Phi) is 5.30. The van der Waals surface area contributed by atoms with Gasteiger partial charge in [0.15, 0.2) is 0 Å². The second kappa shape index (κ2) is 8.04. The molecule has 3 heterocycles. The number of halogens is 1. The van der Waals surface area contributed by atoms with Crippen molar-refractivity contribution >= 4 is 22.5 Å². The van der Waals surface area contributed by atoms with Crippen LogP contribution in [0.1, 0.15) is 17.5 Å². The molecule has 29 heavy (non-hydrogen) atoms. The molecule has 150 valence electrons. The molecule has 4 rings (SSSR count). The number of benzene rings is 1. The molecule has 0 bridgehead atoms. The van der Waals surface area contributed by atoms with Crippen molar-refractivity contribution in [2.75, 3.05) is 18.4 Å². The van der Waals surface area contributed by atoms with Crippen LogP contribution in [0.25, 0.3) is 21.5 Å². The average molecular weight is 396 g/mol. The summed E-state index contributed by atoms with van der Waals surface area (Å²) in [5.41, 5.74) is 11.6. The summed E-state index contributed by atoms with van der Waals surface area (Å²) in [6.07, 6.45) is 3.26. The van der Waals surface area contributed by atoms with Crippen molar-refractivity contribution < 1.29 is 9.50 Å². The van der Waals surface area contributed by atoms with Crippen LogP contribution < -0.4 is 5.32 Å². The Bertz CT molecular complexity index is 1080. The van der Waals surface area contributed by atoms with Gasteiger partial charge >= 0.3 is 0 Å². The monoisotopic (exact) mass is 396 g/mol. The lowest BCUT2D eigenvalue weighted by Crippen LogP contribution is -2.45. The van der Waals surface area contributed by atoms with Gasteiger partial charge in [-0.05, 0) is 54.7 Å². The van der Waals surface area contributed by atoms with E-state index in [0.29, 0.717) is 43.1 Å². The second-order valence-electron chi connectivity index (χ2n) is 7.21. The van der Waals surface area contributed by atoms with Gasteiger partial charge in [0.05, 0.1) is 17.5 Å². The van der Waals surface area contributed by atoms with Crippen LogP contribution in [0.3, 0.4) is 0 Å². The fourth-order valence-electron chi connectivity index (χ4n) is 3.68. The summed E-state index contributed by atoms with van der Waals surface area (Å²) in [5.74, 6) is 0.371. The third-order valence-electron chi connectivity index (χ3n) is 5.20. The molecule has 0 radical (unpaired) electrons. The van der Waals surface area contributed by atoms with E-state index in [1.54, 1.807) is 19.1 Å². The number of aliphatic hydroxyl groups excluding tert-OH is 1. The van der Waals surface area contributed by atoms with E-state index in [2.05, 4.69) is 35.2 Å². The fourth-order valence-corrected chi connectivity index (χ4v) is 3.68. The Morgan fingerprint density at radius 2 is 2.31 bits per heavy atom. The zero-order valence-electron chi connectivity index (χ0n) is 15.9. The van der Waals surface area contributed by atoms with Gasteiger partial charge in [0, 0.05) is 29.9 Å². The van der Waals surface area contributed by atoms with E-state index < -0.39 is 6.10 Å². The van der Waals surface area contributed by atoms with Gasteiger partial charge in [0.2, 0.25) is 0 Å². The maximum Gasteiger partial charge on any atom is 0.143 e. The molecule has 2 unspecified atom stereocenters. The topological polar surface area (TPSA) is 126 Å². The van der Waals surface area contributed by atoms with E-state index in [0.717, 1.165) is 16.6 Å². The molecule has 0 spiro atoms. The van der Waals surface area contributed by atoms with Crippen molar-refractivity contribution in [2.24, 2.45) is 5.11 Å². The maximum atomic E-state index is 13.6. The van der Waals surface area contributed by atoms with Crippen LogP contribution in [0.15, 0.2) is 35.8 Å². The lowest BCUT2D eigenvalue weighted by molar-refractivity contribution is 0.0503. The number of likely N-dealkylation sites (tertiary alicyclic amines) is 1. The number of anilines is 2. The minimum absolute atomic E-state index is 0.256. The normalized spacial score (nSPS) is 19.8. The lowest BCUT2D eigenvalue weighted by atomic mass is 10.0. The van der Waals surface area contributed by atoms with Crippen molar-refractivity contribution in [1.29, 1.82) is 0 Å². The molecule has 10 heteroatoms. The van der Waals surface area contributed by atoms with E-state index in [1.165, 1.54) is 12.4 Å². The number of hydrogen-bond acceptors (Lipinski definition) is 6. The minimum atomic E-state index is -0.694. The number of aromatic nitrogens is 3. The number of hydrogen-bond donors (Lipinski definition) is 3. The standard InChI is InChI=1S/C19H21FN8O/c1-11-6-13(2-3-14(11)20)25-19-17-12(7-22-18(17)23-10-24-19)8-28-5-4-15(26-27-21)16(29)9-28/h2-3,6-7,10,15-16,29H,4-5,8-9H2,1H3,(H2,22,23,24,25). The predicted molar refractivity (Wildman–Crippen MR) is 107 cm³/mol. The van der Waals surface area contributed by atoms with Crippen LogP contribution >= 0.6 is 0 Å². The highest BCUT2D eigenvalue weighted by atomic mass is 19.1. The third-order valence-corrected chi connectivity index (χ3v) is 5.20. The largest absolute Gasteiger partial charge is 0.391 e. The van der Waals surface area contributed by atoms with E-state index >= 15 is 0 Å². The zero-order valence-corrected chi connectivity index (χ0v) is 15.9. The lowest BCUT2D eigenvalue weighted by Gasteiger charge is -2.33. The van der Waals surface area contributed by atoms with Gasteiger partial charge in [0.1, 0.15) is 23.6 Å². The fraction of sp³-hybridized carbons (Fsp3) is 0.368. The first-order valence-corrected chi connectivity index (χ1v) is 9.34. The molecular formula is C19H21FN8O. The Labute approximate surface area is 166 Å². The van der Waals surface area contributed by atoms with Gasteiger partial charge in [-0.1, -0.05) is 5.11 Å². The summed E-state index contributed by atoms with van der Waals surface area (Å²) in [7, 11) is 0. The van der Waals surface area contributed by atoms with Gasteiger partial charge in [-0.25, -0.2) is 14.4 Å². The summed E-state index contributed by atoms with van der Waals surface area (Å²) in [6, 6.07) is 4.43. The molecule has 1 saturated heterocycles. The maximum absolute atomic E-state index is 13.6. The van der Waals surface area contributed by atoms with Gasteiger partial charge < -0.3 is 15.4 Å². The Morgan fingerprint density at radius 3 is 3.07 bits per heavy atom. The summed E-state index contributed by atoms with van der Waals surface area (Å²) in [5, 5.41) is 18.0. The van der Waals surface area contributed by atoms with Crippen LogP contribution in [-0.2, 0) is 6.54 Å². The molecule has 1 aromatic carbocycles. The zero-order chi connectivity index (χ0) is 20.4. The molecular weight excluding hydrogens is 375 g/mol. The molecule has 3 N–H and O–H groups in total. The molecule has 9 nitrogen and oxygen atoms in total. The highest BCUT2D eigenvalue weighted by Gasteiger charge is 2.27. The predicted octanol–water partition coefficient (Wildman–Crippen LogP) is 3.39. The molecule has 1 aliphatic rings. The molecule has 1 aliphatic heterocycles. The van der Waals surface area contributed by atoms with Crippen LogP contribution in [0.2, 0.25) is 0 Å². The molecule has 0 amide bonds. The minimum Gasteiger partial charge on any atom is -0.391 e. The highest BCUT2D eigenvalue weighted by molar-refractivity contribution is 5.92. The molecule has 2 atom stereocenters. The number of nitrogens with zero attached hydrogens (tertiary/aromatic N) is 6. The molecule has 2 aromatic heterocycles. The third kappa shape index (κ3) is 4.00. The summed E-state index contributed by atoms with van der Waals surface area (Å²) >= 11 is 0. The van der Waals surface area contributed by atoms with Crippen molar-refractivity contribution in [3.05, 3.63) is 58.1 Å². The first-order valence-electron chi connectivity index (χ1n) is 9.34. The van der Waals surface area contributed by atoms with E-state index in [-0.39, 0.29) is 11.9 Å². The van der Waals surface area contributed by atoms with Crippen LogP contribution in [0.5, 0.6) is 0 Å². The quantitative estimate of drug-likeness (QED) is 0.346. The van der Waals surface area contributed by atoms with Gasteiger partial charge in [0.25, 0.3) is 0 Å². The molecule has 3 aromatic rings. The van der Waals surface area contributed by atoms with E-state index in [4.69, 9.17) is 5.53 Å². The molecule has 0 aliphatic carbocycles. The summed E-state index contributed by atoms with van der Waals surface area (Å²) < 4.78 is 13.6. The Balaban J connectivity index is 1.58. The van der Waals surface area contributed by atoms with E-state index in [1.807, 2.05) is 6.20 Å². The first kappa shape index (κ1) is 19.1. The first-order chi connectivity index (χ1) is 14.0. The van der Waals surface area contributed by atoms with E-state index in [9.17, 15) is 9.50 Å². The summed E-state index contributed by atoms with van der Waals surface area (Å²) in [6.45, 7) is 3.43. The highest BCUT2D eigenvalue weighted by Crippen LogP contribution is 2.28.